The molecule has 7 aromatic carbocycles. The van der Waals surface area contributed by atoms with Gasteiger partial charge in [0.15, 0.2) is 5.58 Å². The van der Waals surface area contributed by atoms with E-state index in [-0.39, 0.29) is 0 Å². The van der Waals surface area contributed by atoms with Crippen molar-refractivity contribution in [1.29, 1.82) is 0 Å². The predicted octanol–water partition coefficient (Wildman–Crippen LogP) is 12.4. The Kier molecular flexibility index (Phi) is 5.19. The lowest BCUT2D eigenvalue weighted by Crippen LogP contribution is -1.94. The highest BCUT2D eigenvalue weighted by molar-refractivity contribution is 7.25. The molecule has 0 amide bonds. The molecule has 3 heterocycles. The molecule has 0 bridgehead atoms. The van der Waals surface area contributed by atoms with Crippen LogP contribution in [0, 0.1) is 0 Å². The Morgan fingerprint density at radius 1 is 0.444 bits per heavy atom. The van der Waals surface area contributed by atoms with Crippen molar-refractivity contribution in [2.45, 2.75) is 0 Å². The third-order valence-corrected chi connectivity index (χ3v) is 10.3. The zero-order valence-electron chi connectivity index (χ0n) is 24.2. The minimum Gasteiger partial charge on any atom is -0.454 e. The summed E-state index contributed by atoms with van der Waals surface area (Å²) in [4.78, 5) is 0. The fourth-order valence-corrected chi connectivity index (χ4v) is 8.31. The van der Waals surface area contributed by atoms with Crippen molar-refractivity contribution in [3.05, 3.63) is 152 Å². The zero-order chi connectivity index (χ0) is 29.5. The number of fused-ring (bicyclic) bond motifs is 9. The van der Waals surface area contributed by atoms with E-state index in [2.05, 4.69) is 150 Å². The van der Waals surface area contributed by atoms with Crippen LogP contribution in [0.5, 0.6) is 0 Å². The Morgan fingerprint density at radius 3 is 2.13 bits per heavy atom. The summed E-state index contributed by atoms with van der Waals surface area (Å²) in [5.41, 5.74) is 10.1. The maximum Gasteiger partial charge on any atom is 0.159 e. The SMILES string of the molecule is c1ccc(-c2ccc3c4cc(-c5cccc6sc7ccccc7c56)ccc4n(-c4cccc5c4oc4ccccc45)c3c2)cc1. The smallest absolute Gasteiger partial charge is 0.159 e. The minimum absolute atomic E-state index is 0.904. The molecule has 10 aromatic rings. The molecule has 0 aliphatic heterocycles. The van der Waals surface area contributed by atoms with Crippen molar-refractivity contribution in [3.8, 4) is 27.9 Å². The molecule has 0 saturated heterocycles. The molecule has 0 spiro atoms. The highest BCUT2D eigenvalue weighted by Crippen LogP contribution is 2.43. The second-order valence-electron chi connectivity index (χ2n) is 11.7. The van der Waals surface area contributed by atoms with Gasteiger partial charge in [-0.15, -0.1) is 11.3 Å². The van der Waals surface area contributed by atoms with E-state index in [1.165, 1.54) is 53.2 Å². The molecule has 3 heteroatoms. The molecule has 10 rings (SSSR count). The standard InChI is InChI=1S/C42H25NOS/c1-2-10-26(11-3-1)27-20-22-30-34-24-28(29-14-9-19-40-41(29)33-13-5-7-18-39(33)45-40)21-23-35(34)43(37(30)25-27)36-16-8-15-32-31-12-4-6-17-38(31)44-42(32)36/h1-25H. The van der Waals surface area contributed by atoms with Gasteiger partial charge in [0.2, 0.25) is 0 Å². The first-order valence-electron chi connectivity index (χ1n) is 15.3. The van der Waals surface area contributed by atoms with Crippen LogP contribution in [0.25, 0.3) is 91.9 Å². The number of hydrogen-bond acceptors (Lipinski definition) is 2. The predicted molar refractivity (Wildman–Crippen MR) is 192 cm³/mol. The largest absolute Gasteiger partial charge is 0.454 e. The van der Waals surface area contributed by atoms with Crippen LogP contribution in [-0.4, -0.2) is 4.57 Å². The Hall–Kier alpha value is -5.64. The second-order valence-corrected chi connectivity index (χ2v) is 12.8. The van der Waals surface area contributed by atoms with Crippen LogP contribution in [0.3, 0.4) is 0 Å². The van der Waals surface area contributed by atoms with Crippen molar-refractivity contribution in [3.63, 3.8) is 0 Å². The van der Waals surface area contributed by atoms with Crippen LogP contribution < -0.4 is 0 Å². The normalized spacial score (nSPS) is 12.0. The average Bonchev–Trinajstić information content (AvgIpc) is 3.77. The fourth-order valence-electron chi connectivity index (χ4n) is 7.18. The fraction of sp³-hybridized carbons (Fsp3) is 0. The summed E-state index contributed by atoms with van der Waals surface area (Å²) in [7, 11) is 0. The first-order valence-corrected chi connectivity index (χ1v) is 16.1. The van der Waals surface area contributed by atoms with Gasteiger partial charge in [0, 0.05) is 41.7 Å². The summed E-state index contributed by atoms with van der Waals surface area (Å²) in [6.45, 7) is 0. The maximum atomic E-state index is 6.57. The van der Waals surface area contributed by atoms with E-state index in [1.807, 2.05) is 17.4 Å². The molecular weight excluding hydrogens is 567 g/mol. The number of thiophene rings is 1. The molecule has 0 radical (unpaired) electrons. The number of para-hydroxylation sites is 2. The lowest BCUT2D eigenvalue weighted by Gasteiger charge is -2.10. The van der Waals surface area contributed by atoms with E-state index >= 15 is 0 Å². The summed E-state index contributed by atoms with van der Waals surface area (Å²) in [5, 5.41) is 7.37. The van der Waals surface area contributed by atoms with Crippen molar-refractivity contribution in [2.24, 2.45) is 0 Å². The Morgan fingerprint density at radius 2 is 1.20 bits per heavy atom. The van der Waals surface area contributed by atoms with Gasteiger partial charge in [-0.2, -0.15) is 0 Å². The summed E-state index contributed by atoms with van der Waals surface area (Å²) >= 11 is 1.87. The highest BCUT2D eigenvalue weighted by atomic mass is 32.1. The molecular formula is C42H25NOS. The van der Waals surface area contributed by atoms with Crippen molar-refractivity contribution in [2.75, 3.05) is 0 Å². The van der Waals surface area contributed by atoms with E-state index in [9.17, 15) is 0 Å². The van der Waals surface area contributed by atoms with Crippen LogP contribution in [0.4, 0.5) is 0 Å². The molecule has 0 aliphatic carbocycles. The summed E-state index contributed by atoms with van der Waals surface area (Å²) in [5.74, 6) is 0. The molecule has 45 heavy (non-hydrogen) atoms. The first-order chi connectivity index (χ1) is 22.3. The summed E-state index contributed by atoms with van der Waals surface area (Å²) in [6, 6.07) is 54.7. The lowest BCUT2D eigenvalue weighted by molar-refractivity contribution is 0.666. The van der Waals surface area contributed by atoms with Gasteiger partial charge in [0.25, 0.3) is 0 Å². The summed E-state index contributed by atoms with van der Waals surface area (Å²) < 4.78 is 11.6. The topological polar surface area (TPSA) is 18.1 Å². The van der Waals surface area contributed by atoms with E-state index < -0.39 is 0 Å². The maximum absolute atomic E-state index is 6.57. The monoisotopic (exact) mass is 591 g/mol. The minimum atomic E-state index is 0.904. The third-order valence-electron chi connectivity index (χ3n) is 9.21. The zero-order valence-corrected chi connectivity index (χ0v) is 25.0. The molecule has 0 unspecified atom stereocenters. The van der Waals surface area contributed by atoms with Gasteiger partial charge in [-0.05, 0) is 64.7 Å². The second kappa shape index (κ2) is 9.43. The number of nitrogens with zero attached hydrogens (tertiary/aromatic N) is 1. The molecule has 0 saturated carbocycles. The molecule has 3 aromatic heterocycles. The Balaban J connectivity index is 1.29. The molecule has 0 atom stereocenters. The molecule has 0 fully saturated rings. The number of benzene rings is 7. The van der Waals surface area contributed by atoms with Crippen molar-refractivity contribution >= 4 is 75.3 Å². The molecule has 210 valence electrons. The number of hydrogen-bond donors (Lipinski definition) is 0. The average molecular weight is 592 g/mol. The van der Waals surface area contributed by atoms with Gasteiger partial charge >= 0.3 is 0 Å². The molecule has 0 aliphatic rings. The Labute approximate surface area is 263 Å². The van der Waals surface area contributed by atoms with Crippen molar-refractivity contribution in [1.82, 2.24) is 4.57 Å². The number of furan rings is 1. The van der Waals surface area contributed by atoms with Gasteiger partial charge < -0.3 is 8.98 Å². The number of aromatic nitrogens is 1. The van der Waals surface area contributed by atoms with E-state index in [1.54, 1.807) is 0 Å². The van der Waals surface area contributed by atoms with Gasteiger partial charge in [0.05, 0.1) is 16.7 Å². The quantitative estimate of drug-likeness (QED) is 0.200. The lowest BCUT2D eigenvalue weighted by atomic mass is 9.97. The van der Waals surface area contributed by atoms with Crippen molar-refractivity contribution < 1.29 is 4.42 Å². The van der Waals surface area contributed by atoms with E-state index in [0.29, 0.717) is 0 Å². The number of rotatable bonds is 3. The van der Waals surface area contributed by atoms with Crippen LogP contribution in [0.1, 0.15) is 0 Å². The van der Waals surface area contributed by atoms with Gasteiger partial charge in [-0.3, -0.25) is 0 Å². The van der Waals surface area contributed by atoms with Gasteiger partial charge in [0.1, 0.15) is 5.58 Å². The Bertz CT molecular complexity index is 2760. The van der Waals surface area contributed by atoms with E-state index in [4.69, 9.17) is 4.42 Å². The third kappa shape index (κ3) is 3.62. The van der Waals surface area contributed by atoms with E-state index in [0.717, 1.165) is 38.7 Å². The highest BCUT2D eigenvalue weighted by Gasteiger charge is 2.19. The van der Waals surface area contributed by atoms with Crippen LogP contribution >= 0.6 is 11.3 Å². The van der Waals surface area contributed by atoms with Crippen LogP contribution in [-0.2, 0) is 0 Å². The van der Waals surface area contributed by atoms with Crippen LogP contribution in [0.15, 0.2) is 156 Å². The summed E-state index contributed by atoms with van der Waals surface area (Å²) in [6.07, 6.45) is 0. The van der Waals surface area contributed by atoms with Crippen LogP contribution in [0.2, 0.25) is 0 Å². The first kappa shape index (κ1) is 24.8. The van der Waals surface area contributed by atoms with Gasteiger partial charge in [-0.25, -0.2) is 0 Å². The molecule has 0 N–H and O–H groups in total. The molecule has 2 nitrogen and oxygen atoms in total. The van der Waals surface area contributed by atoms with Gasteiger partial charge in [-0.1, -0.05) is 109 Å².